The molecule has 82 valence electrons. The molecule has 0 bridgehead atoms. The van der Waals surface area contributed by atoms with Gasteiger partial charge in [-0.15, -0.1) is 0 Å². The molecule has 0 saturated carbocycles. The maximum Gasteiger partial charge on any atom is 0.311 e. The summed E-state index contributed by atoms with van der Waals surface area (Å²) in [6.07, 6.45) is 0. The van der Waals surface area contributed by atoms with Gasteiger partial charge < -0.3 is 0 Å². The predicted octanol–water partition coefficient (Wildman–Crippen LogP) is 2.58. The third-order valence-electron chi connectivity index (χ3n) is 1.59. The molecule has 0 atom stereocenters. The van der Waals surface area contributed by atoms with Crippen LogP contribution in [0.1, 0.15) is 0 Å². The molecule has 0 aromatic heterocycles. The first kappa shape index (κ1) is 11.3. The molecule has 0 saturated heterocycles. The van der Waals surface area contributed by atoms with E-state index in [0.717, 1.165) is 0 Å². The summed E-state index contributed by atoms with van der Waals surface area (Å²) in [4.78, 5) is 20.9. The number of nitro benzene ring substituents is 2. The van der Waals surface area contributed by atoms with Gasteiger partial charge >= 0.3 is 5.69 Å². The van der Waals surface area contributed by atoms with Crippen LogP contribution < -0.4 is 0 Å². The van der Waals surface area contributed by atoms with Gasteiger partial charge in [0.2, 0.25) is 5.82 Å². The van der Waals surface area contributed by atoms with E-state index in [2.05, 4.69) is 10.0 Å². The van der Waals surface area contributed by atoms with Crippen molar-refractivity contribution < 1.29 is 14.2 Å². The second kappa shape index (κ2) is 4.19. The Balaban J connectivity index is 3.55. The Bertz CT molecular complexity index is 524. The van der Waals surface area contributed by atoms with Crippen LogP contribution in [0, 0.1) is 26.0 Å². The zero-order chi connectivity index (χ0) is 12.3. The van der Waals surface area contributed by atoms with Crippen LogP contribution in [-0.4, -0.2) is 9.85 Å². The molecule has 1 aromatic carbocycles. The molecule has 9 nitrogen and oxygen atoms in total. The van der Waals surface area contributed by atoms with E-state index in [-0.39, 0.29) is 0 Å². The fourth-order valence-electron chi connectivity index (χ4n) is 0.955. The highest BCUT2D eigenvalue weighted by molar-refractivity contribution is 5.62. The second-order valence-corrected chi connectivity index (χ2v) is 2.50. The highest BCUT2D eigenvalue weighted by Gasteiger charge is 2.23. The highest BCUT2D eigenvalue weighted by Crippen LogP contribution is 2.33. The lowest BCUT2D eigenvalue weighted by atomic mass is 10.2. The van der Waals surface area contributed by atoms with Crippen molar-refractivity contribution in [3.8, 4) is 0 Å². The number of hydrogen-bond acceptors (Lipinski definition) is 5. The molecule has 0 spiro atoms. The van der Waals surface area contributed by atoms with Crippen molar-refractivity contribution in [2.45, 2.75) is 0 Å². The number of nitrogens with zero attached hydrogens (tertiary/aromatic N) is 5. The molecule has 1 aromatic rings. The van der Waals surface area contributed by atoms with Gasteiger partial charge in [0, 0.05) is 4.91 Å². The average Bonchev–Trinajstić information content (AvgIpc) is 2.17. The van der Waals surface area contributed by atoms with Crippen molar-refractivity contribution in [2.75, 3.05) is 0 Å². The first-order chi connectivity index (χ1) is 7.47. The summed E-state index contributed by atoms with van der Waals surface area (Å²) >= 11 is 0. The number of rotatable bonds is 3. The lowest BCUT2D eigenvalue weighted by molar-refractivity contribution is -0.395. The molecule has 0 fully saturated rings. The molecule has 0 N–H and O–H groups in total. The number of hydrogen-bond donors (Lipinski definition) is 0. The summed E-state index contributed by atoms with van der Waals surface area (Å²) in [6, 6.07) is 0.843. The Labute approximate surface area is 86.0 Å². The van der Waals surface area contributed by atoms with Crippen molar-refractivity contribution in [2.24, 2.45) is 5.11 Å². The number of benzene rings is 1. The van der Waals surface area contributed by atoms with E-state index < -0.39 is 32.7 Å². The minimum absolute atomic E-state index is 0.402. The van der Waals surface area contributed by atoms with Crippen LogP contribution >= 0.6 is 0 Å². The van der Waals surface area contributed by atoms with Crippen molar-refractivity contribution in [1.29, 1.82) is 0 Å². The quantitative estimate of drug-likeness (QED) is 0.257. The molecule has 0 aliphatic heterocycles. The molecular weight excluding hydrogens is 225 g/mol. The van der Waals surface area contributed by atoms with E-state index in [0.29, 0.717) is 12.1 Å². The smallest absolute Gasteiger partial charge is 0.258 e. The molecule has 0 aliphatic rings. The largest absolute Gasteiger partial charge is 0.311 e. The fourth-order valence-corrected chi connectivity index (χ4v) is 0.955. The molecular formula is C6H2FN5O4. The zero-order valence-electron chi connectivity index (χ0n) is 7.40. The van der Waals surface area contributed by atoms with Crippen molar-refractivity contribution in [3.63, 3.8) is 0 Å². The number of halogens is 1. The molecule has 0 amide bonds. The molecule has 16 heavy (non-hydrogen) atoms. The standard InChI is InChI=1S/C6H2FN5O4/c7-3-1-4(9-10-8)6(12(15)16)2-5(3)11(13)14/h1-2H. The Morgan fingerprint density at radius 1 is 1.25 bits per heavy atom. The van der Waals surface area contributed by atoms with Crippen molar-refractivity contribution in [3.05, 3.63) is 48.6 Å². The molecule has 1 rings (SSSR count). The minimum atomic E-state index is -1.31. The zero-order valence-corrected chi connectivity index (χ0v) is 7.40. The summed E-state index contributed by atoms with van der Waals surface area (Å²) in [5.41, 5.74) is 5.58. The lowest BCUT2D eigenvalue weighted by Gasteiger charge is -1.97. The van der Waals surface area contributed by atoms with E-state index in [9.17, 15) is 24.6 Å². The van der Waals surface area contributed by atoms with E-state index in [1.54, 1.807) is 0 Å². The topological polar surface area (TPSA) is 135 Å². The summed E-state index contributed by atoms with van der Waals surface area (Å²) < 4.78 is 13.0. The van der Waals surface area contributed by atoms with Crippen molar-refractivity contribution in [1.82, 2.24) is 0 Å². The maximum atomic E-state index is 13.0. The van der Waals surface area contributed by atoms with Gasteiger partial charge in [-0.3, -0.25) is 20.2 Å². The van der Waals surface area contributed by atoms with Gasteiger partial charge in [0.05, 0.1) is 15.9 Å². The Hall–Kier alpha value is -2.74. The van der Waals surface area contributed by atoms with E-state index in [1.165, 1.54) is 0 Å². The van der Waals surface area contributed by atoms with Crippen molar-refractivity contribution >= 4 is 17.1 Å². The predicted molar refractivity (Wildman–Crippen MR) is 48.5 cm³/mol. The minimum Gasteiger partial charge on any atom is -0.258 e. The average molecular weight is 227 g/mol. The van der Waals surface area contributed by atoms with Gasteiger partial charge in [-0.1, -0.05) is 5.11 Å². The first-order valence-electron chi connectivity index (χ1n) is 3.64. The second-order valence-electron chi connectivity index (χ2n) is 2.50. The maximum absolute atomic E-state index is 13.0. The lowest BCUT2D eigenvalue weighted by Crippen LogP contribution is -1.96. The van der Waals surface area contributed by atoms with Crippen LogP contribution in [0.3, 0.4) is 0 Å². The Morgan fingerprint density at radius 2 is 1.81 bits per heavy atom. The van der Waals surface area contributed by atoms with Gasteiger partial charge in [-0.25, -0.2) is 0 Å². The Morgan fingerprint density at radius 3 is 2.25 bits per heavy atom. The van der Waals surface area contributed by atoms with Gasteiger partial charge in [-0.05, 0) is 11.6 Å². The van der Waals surface area contributed by atoms with Gasteiger partial charge in [0.15, 0.2) is 0 Å². The van der Waals surface area contributed by atoms with E-state index in [1.807, 2.05) is 0 Å². The summed E-state index contributed by atoms with van der Waals surface area (Å²) in [7, 11) is 0. The van der Waals surface area contributed by atoms with Gasteiger partial charge in [0.1, 0.15) is 5.69 Å². The SMILES string of the molecule is [N-]=[N+]=Nc1cc(F)c([N+](=O)[O-])cc1[N+](=O)[O-]. The third kappa shape index (κ3) is 2.01. The van der Waals surface area contributed by atoms with Crippen LogP contribution in [0.5, 0.6) is 0 Å². The Kier molecular flexibility index (Phi) is 2.97. The van der Waals surface area contributed by atoms with Crippen LogP contribution in [0.2, 0.25) is 0 Å². The fraction of sp³-hybridized carbons (Fsp3) is 0. The molecule has 0 unspecified atom stereocenters. The monoisotopic (exact) mass is 227 g/mol. The molecule has 0 aliphatic carbocycles. The van der Waals surface area contributed by atoms with Crippen LogP contribution in [-0.2, 0) is 0 Å². The van der Waals surface area contributed by atoms with Gasteiger partial charge in [-0.2, -0.15) is 4.39 Å². The molecule has 10 heteroatoms. The van der Waals surface area contributed by atoms with Gasteiger partial charge in [0.25, 0.3) is 5.69 Å². The molecule has 0 radical (unpaired) electrons. The first-order valence-corrected chi connectivity index (χ1v) is 3.64. The highest BCUT2D eigenvalue weighted by atomic mass is 19.1. The third-order valence-corrected chi connectivity index (χ3v) is 1.59. The number of azide groups is 1. The summed E-state index contributed by atoms with van der Waals surface area (Å²) in [6.45, 7) is 0. The molecule has 0 heterocycles. The van der Waals surface area contributed by atoms with Crippen LogP contribution in [0.4, 0.5) is 21.5 Å². The summed E-state index contributed by atoms with van der Waals surface area (Å²) in [5.74, 6) is -1.31. The normalized spacial score (nSPS) is 9.31. The van der Waals surface area contributed by atoms with Crippen LogP contribution in [0.15, 0.2) is 17.2 Å². The van der Waals surface area contributed by atoms with E-state index >= 15 is 0 Å². The van der Waals surface area contributed by atoms with E-state index in [4.69, 9.17) is 5.53 Å². The summed E-state index contributed by atoms with van der Waals surface area (Å²) in [5, 5.41) is 23.6. The van der Waals surface area contributed by atoms with Crippen LogP contribution in [0.25, 0.3) is 10.4 Å². The number of nitro groups is 2.